The summed E-state index contributed by atoms with van der Waals surface area (Å²) in [6.45, 7) is 9.65. The third kappa shape index (κ3) is 6.41. The van der Waals surface area contributed by atoms with Crippen LogP contribution in [-0.2, 0) is 20.0 Å². The number of nitrogens with one attached hydrogen (secondary N) is 2. The fraction of sp³-hybridized carbons (Fsp3) is 0.500. The van der Waals surface area contributed by atoms with Gasteiger partial charge in [0.05, 0.1) is 12.3 Å². The number of ether oxygens (including phenoxy) is 1. The largest absolute Gasteiger partial charge is 0.494 e. The van der Waals surface area contributed by atoms with Crippen LogP contribution in [0.15, 0.2) is 29.3 Å². The van der Waals surface area contributed by atoms with Gasteiger partial charge in [-0.15, -0.1) is 24.0 Å². The lowest BCUT2D eigenvalue weighted by atomic mass is 10.1. The number of aromatic nitrogens is 2. The van der Waals surface area contributed by atoms with E-state index in [0.29, 0.717) is 13.2 Å². The fourth-order valence-electron chi connectivity index (χ4n) is 3.02. The molecule has 0 aliphatic heterocycles. The minimum Gasteiger partial charge on any atom is -0.494 e. The molecule has 27 heavy (non-hydrogen) atoms. The van der Waals surface area contributed by atoms with E-state index in [0.717, 1.165) is 29.4 Å². The van der Waals surface area contributed by atoms with E-state index in [4.69, 9.17) is 4.74 Å². The van der Waals surface area contributed by atoms with Crippen LogP contribution in [0, 0.1) is 13.8 Å². The van der Waals surface area contributed by atoms with Gasteiger partial charge in [-0.25, -0.2) is 0 Å². The molecule has 0 saturated heterocycles. The minimum atomic E-state index is 0. The van der Waals surface area contributed by atoms with Gasteiger partial charge >= 0.3 is 0 Å². The van der Waals surface area contributed by atoms with E-state index in [1.54, 1.807) is 7.05 Å². The van der Waals surface area contributed by atoms with Crippen molar-refractivity contribution in [1.82, 2.24) is 20.4 Å². The zero-order valence-electron chi connectivity index (χ0n) is 17.2. The van der Waals surface area contributed by atoms with Crippen LogP contribution in [0.25, 0.3) is 0 Å². The Morgan fingerprint density at radius 2 is 2.00 bits per heavy atom. The van der Waals surface area contributed by atoms with Crippen LogP contribution in [-0.4, -0.2) is 35.4 Å². The molecule has 1 atom stereocenters. The Hall–Kier alpha value is -1.77. The number of hydrogen-bond acceptors (Lipinski definition) is 3. The summed E-state index contributed by atoms with van der Waals surface area (Å²) in [5.41, 5.74) is 4.71. The molecule has 0 radical (unpaired) electrons. The average Bonchev–Trinajstić information content (AvgIpc) is 2.86. The fourth-order valence-corrected chi connectivity index (χ4v) is 3.02. The van der Waals surface area contributed by atoms with Gasteiger partial charge in [0.25, 0.3) is 0 Å². The molecule has 0 saturated carbocycles. The standard InChI is InChI=1S/C20H31N5O.HI/c1-7-26-19-11-9-8-10-17(19)13-22-20(21-5)23-14(2)12-18-15(3)24-25(6)16(18)4;/h8-11,14H,7,12-13H2,1-6H3,(H2,21,22,23);1H. The average molecular weight is 485 g/mol. The molecule has 0 fully saturated rings. The lowest BCUT2D eigenvalue weighted by Crippen LogP contribution is -2.42. The van der Waals surface area contributed by atoms with Crippen molar-refractivity contribution in [2.24, 2.45) is 12.0 Å². The maximum Gasteiger partial charge on any atom is 0.191 e. The molecule has 7 heteroatoms. The number of halogens is 1. The Morgan fingerprint density at radius 3 is 2.59 bits per heavy atom. The highest BCUT2D eigenvalue weighted by Crippen LogP contribution is 2.17. The van der Waals surface area contributed by atoms with Gasteiger partial charge in [0, 0.05) is 37.9 Å². The van der Waals surface area contributed by atoms with Crippen molar-refractivity contribution < 1.29 is 4.74 Å². The van der Waals surface area contributed by atoms with E-state index in [1.165, 1.54) is 11.3 Å². The second-order valence-electron chi connectivity index (χ2n) is 6.49. The highest BCUT2D eigenvalue weighted by atomic mass is 127. The number of para-hydroxylation sites is 1. The van der Waals surface area contributed by atoms with Gasteiger partial charge in [0.1, 0.15) is 5.75 Å². The van der Waals surface area contributed by atoms with Crippen LogP contribution in [0.2, 0.25) is 0 Å². The molecule has 0 bridgehead atoms. The number of benzene rings is 1. The zero-order valence-corrected chi connectivity index (χ0v) is 19.5. The molecule has 150 valence electrons. The Kier molecular flexibility index (Phi) is 9.62. The van der Waals surface area contributed by atoms with Crippen LogP contribution >= 0.6 is 24.0 Å². The summed E-state index contributed by atoms with van der Waals surface area (Å²) in [7, 11) is 3.78. The lowest BCUT2D eigenvalue weighted by molar-refractivity contribution is 0.336. The highest BCUT2D eigenvalue weighted by molar-refractivity contribution is 14.0. The second-order valence-corrected chi connectivity index (χ2v) is 6.49. The first kappa shape index (κ1) is 23.3. The van der Waals surface area contributed by atoms with Gasteiger partial charge in [-0.05, 0) is 45.7 Å². The zero-order chi connectivity index (χ0) is 19.1. The third-order valence-corrected chi connectivity index (χ3v) is 4.49. The van der Waals surface area contributed by atoms with Gasteiger partial charge in [0.2, 0.25) is 0 Å². The van der Waals surface area contributed by atoms with Crippen LogP contribution in [0.3, 0.4) is 0 Å². The summed E-state index contributed by atoms with van der Waals surface area (Å²) in [5.74, 6) is 1.69. The smallest absolute Gasteiger partial charge is 0.191 e. The van der Waals surface area contributed by atoms with Crippen molar-refractivity contribution in [3.05, 3.63) is 46.8 Å². The summed E-state index contributed by atoms with van der Waals surface area (Å²) in [4.78, 5) is 4.34. The number of aryl methyl sites for hydroxylation is 2. The molecule has 2 aromatic rings. The SMILES string of the molecule is CCOc1ccccc1CNC(=NC)NC(C)Cc1c(C)nn(C)c1C.I. The van der Waals surface area contributed by atoms with Gasteiger partial charge in [-0.3, -0.25) is 9.67 Å². The van der Waals surface area contributed by atoms with Crippen LogP contribution in [0.5, 0.6) is 5.75 Å². The number of nitrogens with zero attached hydrogens (tertiary/aromatic N) is 3. The molecule has 1 aromatic carbocycles. The maximum absolute atomic E-state index is 5.68. The molecule has 0 aliphatic carbocycles. The third-order valence-electron chi connectivity index (χ3n) is 4.49. The number of hydrogen-bond donors (Lipinski definition) is 2. The van der Waals surface area contributed by atoms with E-state index in [1.807, 2.05) is 36.9 Å². The van der Waals surface area contributed by atoms with Crippen molar-refractivity contribution in [1.29, 1.82) is 0 Å². The highest BCUT2D eigenvalue weighted by Gasteiger charge is 2.14. The molecule has 0 aliphatic rings. The Balaban J connectivity index is 0.00000364. The van der Waals surface area contributed by atoms with Crippen molar-refractivity contribution in [3.63, 3.8) is 0 Å². The molecule has 6 nitrogen and oxygen atoms in total. The molecule has 0 amide bonds. The predicted octanol–water partition coefficient (Wildman–Crippen LogP) is 3.35. The normalized spacial score (nSPS) is 12.3. The summed E-state index contributed by atoms with van der Waals surface area (Å²) in [6, 6.07) is 8.31. The van der Waals surface area contributed by atoms with Gasteiger partial charge in [-0.1, -0.05) is 18.2 Å². The maximum atomic E-state index is 5.68. The predicted molar refractivity (Wildman–Crippen MR) is 122 cm³/mol. The quantitative estimate of drug-likeness (QED) is 0.359. The van der Waals surface area contributed by atoms with E-state index in [-0.39, 0.29) is 30.0 Å². The van der Waals surface area contributed by atoms with Crippen LogP contribution in [0.1, 0.15) is 36.4 Å². The molecular weight excluding hydrogens is 453 g/mol. The van der Waals surface area contributed by atoms with E-state index in [2.05, 4.69) is 47.6 Å². The Bertz CT molecular complexity index is 757. The lowest BCUT2D eigenvalue weighted by Gasteiger charge is -2.19. The summed E-state index contributed by atoms with van der Waals surface area (Å²) < 4.78 is 7.62. The monoisotopic (exact) mass is 485 g/mol. The van der Waals surface area contributed by atoms with E-state index < -0.39 is 0 Å². The van der Waals surface area contributed by atoms with E-state index in [9.17, 15) is 0 Å². The second kappa shape index (κ2) is 11.2. The topological polar surface area (TPSA) is 63.5 Å². The van der Waals surface area contributed by atoms with Crippen molar-refractivity contribution >= 4 is 29.9 Å². The minimum absolute atomic E-state index is 0. The van der Waals surface area contributed by atoms with Gasteiger partial charge in [-0.2, -0.15) is 5.10 Å². The molecular formula is C20H32IN5O. The first-order valence-corrected chi connectivity index (χ1v) is 9.13. The van der Waals surface area contributed by atoms with Gasteiger partial charge < -0.3 is 15.4 Å². The first-order chi connectivity index (χ1) is 12.5. The molecule has 2 N–H and O–H groups in total. The first-order valence-electron chi connectivity index (χ1n) is 9.13. The molecule has 2 rings (SSSR count). The molecule has 1 unspecified atom stereocenters. The van der Waals surface area contributed by atoms with Crippen molar-refractivity contribution in [2.75, 3.05) is 13.7 Å². The molecule has 1 heterocycles. The van der Waals surface area contributed by atoms with Crippen LogP contribution in [0.4, 0.5) is 0 Å². The van der Waals surface area contributed by atoms with Crippen molar-refractivity contribution in [2.45, 2.75) is 46.7 Å². The number of aliphatic imine (C=N–C) groups is 1. The van der Waals surface area contributed by atoms with Crippen molar-refractivity contribution in [3.8, 4) is 5.75 Å². The number of rotatable bonds is 7. The van der Waals surface area contributed by atoms with Crippen LogP contribution < -0.4 is 15.4 Å². The summed E-state index contributed by atoms with van der Waals surface area (Å²) in [6.07, 6.45) is 0.905. The molecule has 1 aromatic heterocycles. The Labute approximate surface area is 179 Å². The molecule has 0 spiro atoms. The van der Waals surface area contributed by atoms with Gasteiger partial charge in [0.15, 0.2) is 5.96 Å². The van der Waals surface area contributed by atoms with E-state index >= 15 is 0 Å². The Morgan fingerprint density at radius 1 is 1.30 bits per heavy atom. The number of guanidine groups is 1. The summed E-state index contributed by atoms with van der Waals surface area (Å²) in [5, 5.41) is 11.3. The summed E-state index contributed by atoms with van der Waals surface area (Å²) >= 11 is 0.